The Balaban J connectivity index is 1.40. The highest BCUT2D eigenvalue weighted by Gasteiger charge is 2.39. The molecule has 0 bridgehead atoms. The Morgan fingerprint density at radius 1 is 0.828 bits per heavy atom. The van der Waals surface area contributed by atoms with E-state index in [9.17, 15) is 19.2 Å². The lowest BCUT2D eigenvalue weighted by molar-refractivity contribution is -0.142. The second-order valence-corrected chi connectivity index (χ2v) is 6.78. The number of nitrogens with zero attached hydrogens (tertiary/aromatic N) is 3. The van der Waals surface area contributed by atoms with Crippen LogP contribution in [0.1, 0.15) is 32.7 Å². The predicted molar refractivity (Wildman–Crippen MR) is 101 cm³/mol. The van der Waals surface area contributed by atoms with Crippen LogP contribution in [0.2, 0.25) is 0 Å². The van der Waals surface area contributed by atoms with E-state index in [-0.39, 0.29) is 17.7 Å². The minimum Gasteiger partial charge on any atom is -0.443 e. The van der Waals surface area contributed by atoms with Crippen molar-refractivity contribution in [2.45, 2.75) is 13.0 Å². The van der Waals surface area contributed by atoms with Gasteiger partial charge in [0.25, 0.3) is 17.7 Å². The van der Waals surface area contributed by atoms with Gasteiger partial charge in [0.05, 0.1) is 11.1 Å². The number of hydrogen-bond donors (Lipinski definition) is 0. The lowest BCUT2D eigenvalue weighted by Gasteiger charge is -2.28. The van der Waals surface area contributed by atoms with Crippen LogP contribution in [-0.4, -0.2) is 58.4 Å². The van der Waals surface area contributed by atoms with Crippen molar-refractivity contribution < 1.29 is 23.9 Å². The van der Waals surface area contributed by atoms with Crippen LogP contribution in [0.4, 0.5) is 4.79 Å². The van der Waals surface area contributed by atoms with Gasteiger partial charge >= 0.3 is 6.09 Å². The van der Waals surface area contributed by atoms with E-state index in [4.69, 9.17) is 4.74 Å². The van der Waals surface area contributed by atoms with Gasteiger partial charge in [-0.05, 0) is 24.1 Å². The Kier molecular flexibility index (Phi) is 4.99. The molecule has 2 heterocycles. The topological polar surface area (TPSA) is 87.2 Å². The zero-order chi connectivity index (χ0) is 20.4. The number of amides is 4. The van der Waals surface area contributed by atoms with Crippen LogP contribution in [0.5, 0.6) is 0 Å². The molecule has 1 saturated heterocycles. The normalized spacial score (nSPS) is 15.7. The predicted octanol–water partition coefficient (Wildman–Crippen LogP) is 2.07. The summed E-state index contributed by atoms with van der Waals surface area (Å²) in [6.45, 7) is 0.329. The molecule has 8 heteroatoms. The molecule has 148 valence electrons. The van der Waals surface area contributed by atoms with Crippen LogP contribution < -0.4 is 0 Å². The van der Waals surface area contributed by atoms with Gasteiger partial charge in [-0.3, -0.25) is 19.3 Å². The molecule has 29 heavy (non-hydrogen) atoms. The first-order valence-electron chi connectivity index (χ1n) is 9.30. The average Bonchev–Trinajstić information content (AvgIpc) is 3.33. The van der Waals surface area contributed by atoms with Gasteiger partial charge in [0, 0.05) is 13.1 Å². The molecule has 1 fully saturated rings. The van der Waals surface area contributed by atoms with Gasteiger partial charge in [0.15, 0.2) is 0 Å². The van der Waals surface area contributed by atoms with Gasteiger partial charge in [-0.15, -0.1) is 0 Å². The monoisotopic (exact) mass is 393 g/mol. The van der Waals surface area contributed by atoms with Crippen LogP contribution >= 0.6 is 0 Å². The van der Waals surface area contributed by atoms with Crippen molar-refractivity contribution >= 4 is 23.8 Å². The number of rotatable bonds is 4. The van der Waals surface area contributed by atoms with Crippen molar-refractivity contribution in [2.75, 3.05) is 19.6 Å². The molecule has 0 spiro atoms. The molecule has 0 aliphatic carbocycles. The number of carbonyl (C=O) groups is 4. The molecule has 2 aromatic rings. The van der Waals surface area contributed by atoms with Crippen LogP contribution in [0.25, 0.3) is 0 Å². The Bertz CT molecular complexity index is 940. The molecule has 2 aliphatic rings. The minimum absolute atomic E-state index is 0.0939. The van der Waals surface area contributed by atoms with Crippen LogP contribution in [-0.2, 0) is 16.1 Å². The third-order valence-electron chi connectivity index (χ3n) is 4.91. The zero-order valence-electron chi connectivity index (χ0n) is 15.6. The Morgan fingerprint density at radius 2 is 1.41 bits per heavy atom. The maximum Gasteiger partial charge on any atom is 0.429 e. The van der Waals surface area contributed by atoms with Gasteiger partial charge in [-0.25, -0.2) is 14.8 Å². The lowest BCUT2D eigenvalue weighted by Crippen LogP contribution is -2.49. The fourth-order valence-corrected chi connectivity index (χ4v) is 3.45. The first kappa shape index (κ1) is 18.7. The quantitative estimate of drug-likeness (QED) is 0.742. The summed E-state index contributed by atoms with van der Waals surface area (Å²) in [6, 6.07) is 15.7. The summed E-state index contributed by atoms with van der Waals surface area (Å²) in [5, 5.41) is 2.47. The third kappa shape index (κ3) is 3.56. The maximum absolute atomic E-state index is 12.8. The SMILES string of the molecule is O=C1c2ccccc2C(=O)N1CC(=O)N1CCCN1C(=O)OCc1ccccc1. The number of hydrogen-bond acceptors (Lipinski definition) is 5. The third-order valence-corrected chi connectivity index (χ3v) is 4.91. The molecular weight excluding hydrogens is 374 g/mol. The fraction of sp³-hybridized carbons (Fsp3) is 0.238. The fourth-order valence-electron chi connectivity index (χ4n) is 3.45. The van der Waals surface area contributed by atoms with E-state index < -0.39 is 30.4 Å². The molecule has 0 saturated carbocycles. The van der Waals surface area contributed by atoms with E-state index in [2.05, 4.69) is 0 Å². The van der Waals surface area contributed by atoms with Crippen LogP contribution in [0, 0.1) is 0 Å². The molecule has 0 N–H and O–H groups in total. The van der Waals surface area contributed by atoms with E-state index in [0.29, 0.717) is 19.5 Å². The minimum atomic E-state index is -0.637. The summed E-state index contributed by atoms with van der Waals surface area (Å²) in [7, 11) is 0. The Labute approximate surface area is 167 Å². The average molecular weight is 393 g/mol. The number of ether oxygens (including phenoxy) is 1. The second-order valence-electron chi connectivity index (χ2n) is 6.78. The molecular formula is C21H19N3O5. The highest BCUT2D eigenvalue weighted by atomic mass is 16.6. The van der Waals surface area contributed by atoms with Gasteiger partial charge in [0.2, 0.25) is 0 Å². The van der Waals surface area contributed by atoms with Crippen molar-refractivity contribution in [3.8, 4) is 0 Å². The first-order chi connectivity index (χ1) is 14.1. The Morgan fingerprint density at radius 3 is 2.07 bits per heavy atom. The number of carbonyl (C=O) groups excluding carboxylic acids is 4. The van der Waals surface area contributed by atoms with Gasteiger partial charge in [0.1, 0.15) is 13.2 Å². The zero-order valence-corrected chi connectivity index (χ0v) is 15.6. The molecule has 2 aromatic carbocycles. The largest absolute Gasteiger partial charge is 0.443 e. The van der Waals surface area contributed by atoms with E-state index in [0.717, 1.165) is 10.5 Å². The standard InChI is InChI=1S/C21H19N3O5/c25-18(13-22-19(26)16-9-4-5-10-17(16)20(22)27)23-11-6-12-24(23)21(28)29-14-15-7-2-1-3-8-15/h1-5,7-10H,6,11-14H2. The van der Waals surface area contributed by atoms with E-state index in [1.54, 1.807) is 24.3 Å². The second kappa shape index (κ2) is 7.75. The summed E-state index contributed by atoms with van der Waals surface area (Å²) >= 11 is 0. The lowest BCUT2D eigenvalue weighted by atomic mass is 10.1. The van der Waals surface area contributed by atoms with E-state index in [1.807, 2.05) is 30.3 Å². The Hall–Kier alpha value is -3.68. The molecule has 4 amide bonds. The van der Waals surface area contributed by atoms with Gasteiger partial charge in [-0.1, -0.05) is 42.5 Å². The summed E-state index contributed by atoms with van der Waals surface area (Å²) in [5.41, 5.74) is 1.40. The van der Waals surface area contributed by atoms with Gasteiger partial charge in [-0.2, -0.15) is 0 Å². The van der Waals surface area contributed by atoms with E-state index >= 15 is 0 Å². The van der Waals surface area contributed by atoms with Crippen LogP contribution in [0.15, 0.2) is 54.6 Å². The molecule has 8 nitrogen and oxygen atoms in total. The van der Waals surface area contributed by atoms with Crippen molar-refractivity contribution in [1.29, 1.82) is 0 Å². The van der Waals surface area contributed by atoms with Crippen molar-refractivity contribution in [3.63, 3.8) is 0 Å². The first-order valence-corrected chi connectivity index (χ1v) is 9.30. The molecule has 0 radical (unpaired) electrons. The number of benzene rings is 2. The number of hydrazine groups is 1. The molecule has 0 aromatic heterocycles. The number of fused-ring (bicyclic) bond motifs is 1. The maximum atomic E-state index is 12.8. The highest BCUT2D eigenvalue weighted by Crippen LogP contribution is 2.23. The van der Waals surface area contributed by atoms with Crippen LogP contribution in [0.3, 0.4) is 0 Å². The smallest absolute Gasteiger partial charge is 0.429 e. The van der Waals surface area contributed by atoms with Crippen molar-refractivity contribution in [1.82, 2.24) is 14.9 Å². The molecule has 2 aliphatic heterocycles. The molecule has 0 atom stereocenters. The summed E-state index contributed by atoms with van der Waals surface area (Å²) < 4.78 is 5.30. The highest BCUT2D eigenvalue weighted by molar-refractivity contribution is 6.22. The molecule has 4 rings (SSSR count). The summed E-state index contributed by atoms with van der Waals surface area (Å²) in [5.74, 6) is -1.51. The van der Waals surface area contributed by atoms with E-state index in [1.165, 1.54) is 10.0 Å². The number of imide groups is 1. The summed E-state index contributed by atoms with van der Waals surface area (Å²) in [6.07, 6.45) is -0.0454. The van der Waals surface area contributed by atoms with Gasteiger partial charge < -0.3 is 4.74 Å². The molecule has 0 unspecified atom stereocenters. The summed E-state index contributed by atoms with van der Waals surface area (Å²) in [4.78, 5) is 51.0. The van der Waals surface area contributed by atoms with Crippen molar-refractivity contribution in [2.24, 2.45) is 0 Å². The van der Waals surface area contributed by atoms with Crippen molar-refractivity contribution in [3.05, 3.63) is 71.3 Å².